The molecule has 1 aliphatic rings. The van der Waals surface area contributed by atoms with Crippen LogP contribution in [0.5, 0.6) is 5.75 Å². The van der Waals surface area contributed by atoms with Crippen LogP contribution in [0.25, 0.3) is 10.9 Å². The predicted molar refractivity (Wildman–Crippen MR) is 119 cm³/mol. The molecule has 0 radical (unpaired) electrons. The van der Waals surface area contributed by atoms with Gasteiger partial charge in [-0.05, 0) is 30.9 Å². The van der Waals surface area contributed by atoms with E-state index in [1.165, 1.54) is 5.56 Å². The van der Waals surface area contributed by atoms with Crippen LogP contribution in [-0.4, -0.2) is 47.2 Å². The number of H-pyrrole nitrogens is 1. The Labute approximate surface area is 175 Å². The SMILES string of the molecule is CCN(C)c1ncnc2c1CCN(c1nc3cc(OC)cc(C(C)C)c3c(=O)[nH]1)C2. The maximum absolute atomic E-state index is 13.0. The van der Waals surface area contributed by atoms with E-state index in [1.54, 1.807) is 13.4 Å². The van der Waals surface area contributed by atoms with E-state index in [-0.39, 0.29) is 11.5 Å². The van der Waals surface area contributed by atoms with Crippen molar-refractivity contribution in [2.75, 3.05) is 37.0 Å². The maximum Gasteiger partial charge on any atom is 0.260 e. The van der Waals surface area contributed by atoms with E-state index in [9.17, 15) is 4.79 Å². The second kappa shape index (κ2) is 7.93. The van der Waals surface area contributed by atoms with Crippen molar-refractivity contribution < 1.29 is 4.74 Å². The molecular weight excluding hydrogens is 380 g/mol. The van der Waals surface area contributed by atoms with Gasteiger partial charge >= 0.3 is 0 Å². The minimum Gasteiger partial charge on any atom is -0.497 e. The second-order valence-electron chi connectivity index (χ2n) is 7.96. The topological polar surface area (TPSA) is 87.2 Å². The van der Waals surface area contributed by atoms with Crippen LogP contribution in [-0.2, 0) is 13.0 Å². The lowest BCUT2D eigenvalue weighted by atomic mass is 9.98. The first-order valence-electron chi connectivity index (χ1n) is 10.3. The molecule has 0 amide bonds. The van der Waals surface area contributed by atoms with Crippen molar-refractivity contribution in [3.63, 3.8) is 0 Å². The van der Waals surface area contributed by atoms with Crippen LogP contribution >= 0.6 is 0 Å². The van der Waals surface area contributed by atoms with Crippen molar-refractivity contribution in [3.8, 4) is 5.75 Å². The smallest absolute Gasteiger partial charge is 0.260 e. The van der Waals surface area contributed by atoms with Gasteiger partial charge in [0.1, 0.15) is 17.9 Å². The molecule has 0 saturated carbocycles. The highest BCUT2D eigenvalue weighted by atomic mass is 16.5. The molecule has 8 nitrogen and oxygen atoms in total. The molecule has 4 rings (SSSR count). The Bertz CT molecular complexity index is 1140. The monoisotopic (exact) mass is 408 g/mol. The van der Waals surface area contributed by atoms with Crippen molar-refractivity contribution in [2.45, 2.75) is 39.7 Å². The van der Waals surface area contributed by atoms with Gasteiger partial charge in [0.25, 0.3) is 5.56 Å². The van der Waals surface area contributed by atoms with E-state index >= 15 is 0 Å². The highest BCUT2D eigenvalue weighted by Gasteiger charge is 2.24. The average molecular weight is 409 g/mol. The van der Waals surface area contributed by atoms with Gasteiger partial charge in [0, 0.05) is 31.8 Å². The van der Waals surface area contributed by atoms with Gasteiger partial charge in [-0.1, -0.05) is 13.8 Å². The number of methoxy groups -OCH3 is 1. The maximum atomic E-state index is 13.0. The standard InChI is InChI=1S/C22H28N6O2/c1-6-27(4)20-15-7-8-28(11-18(15)23-12-24-20)22-25-17-10-14(30-5)9-16(13(2)3)19(17)21(29)26-22/h9-10,12-13H,6-8,11H2,1-5H3,(H,25,26,29). The molecule has 3 heterocycles. The molecule has 0 atom stereocenters. The minimum absolute atomic E-state index is 0.124. The number of nitrogens with one attached hydrogen (secondary N) is 1. The molecule has 0 fully saturated rings. The zero-order valence-electron chi connectivity index (χ0n) is 18.2. The van der Waals surface area contributed by atoms with Crippen LogP contribution in [0.4, 0.5) is 11.8 Å². The van der Waals surface area contributed by atoms with Gasteiger partial charge in [0.05, 0.1) is 30.3 Å². The van der Waals surface area contributed by atoms with Crippen molar-refractivity contribution >= 4 is 22.7 Å². The zero-order valence-corrected chi connectivity index (χ0v) is 18.2. The normalized spacial score (nSPS) is 13.6. The number of benzene rings is 1. The Hall–Kier alpha value is -3.16. The van der Waals surface area contributed by atoms with Crippen molar-refractivity contribution in [1.82, 2.24) is 19.9 Å². The molecule has 0 saturated heterocycles. The first-order chi connectivity index (χ1) is 14.4. The number of aromatic nitrogens is 4. The number of hydrogen-bond donors (Lipinski definition) is 1. The molecule has 2 aromatic heterocycles. The fraction of sp³-hybridized carbons (Fsp3) is 0.455. The minimum atomic E-state index is -0.124. The Balaban J connectivity index is 1.76. The summed E-state index contributed by atoms with van der Waals surface area (Å²) in [6, 6.07) is 3.75. The van der Waals surface area contributed by atoms with Gasteiger partial charge in [-0.3, -0.25) is 9.78 Å². The first kappa shape index (κ1) is 20.1. The summed E-state index contributed by atoms with van der Waals surface area (Å²) in [7, 11) is 3.67. The van der Waals surface area contributed by atoms with Gasteiger partial charge in [-0.2, -0.15) is 0 Å². The fourth-order valence-electron chi connectivity index (χ4n) is 3.98. The summed E-state index contributed by atoms with van der Waals surface area (Å²) < 4.78 is 5.44. The summed E-state index contributed by atoms with van der Waals surface area (Å²) in [5.74, 6) is 2.43. The van der Waals surface area contributed by atoms with Crippen LogP contribution in [0.15, 0.2) is 23.3 Å². The summed E-state index contributed by atoms with van der Waals surface area (Å²) >= 11 is 0. The van der Waals surface area contributed by atoms with Crippen LogP contribution in [0.3, 0.4) is 0 Å². The largest absolute Gasteiger partial charge is 0.497 e. The first-order valence-corrected chi connectivity index (χ1v) is 10.3. The molecule has 0 unspecified atom stereocenters. The summed E-state index contributed by atoms with van der Waals surface area (Å²) in [6.07, 6.45) is 2.41. The van der Waals surface area contributed by atoms with E-state index < -0.39 is 0 Å². The van der Waals surface area contributed by atoms with E-state index in [4.69, 9.17) is 9.72 Å². The molecule has 1 aromatic carbocycles. The molecule has 30 heavy (non-hydrogen) atoms. The number of fused-ring (bicyclic) bond motifs is 2. The molecule has 8 heteroatoms. The number of ether oxygens (including phenoxy) is 1. The summed E-state index contributed by atoms with van der Waals surface area (Å²) in [4.78, 5) is 34.0. The summed E-state index contributed by atoms with van der Waals surface area (Å²) in [6.45, 7) is 8.43. The van der Waals surface area contributed by atoms with Gasteiger partial charge in [0.15, 0.2) is 0 Å². The Morgan fingerprint density at radius 2 is 2.10 bits per heavy atom. The Morgan fingerprint density at radius 3 is 2.80 bits per heavy atom. The van der Waals surface area contributed by atoms with Crippen molar-refractivity contribution in [3.05, 3.63) is 45.6 Å². The lowest BCUT2D eigenvalue weighted by Crippen LogP contribution is -2.35. The van der Waals surface area contributed by atoms with Gasteiger partial charge < -0.3 is 14.5 Å². The van der Waals surface area contributed by atoms with Crippen LogP contribution in [0.1, 0.15) is 43.5 Å². The molecule has 0 bridgehead atoms. The van der Waals surface area contributed by atoms with E-state index in [0.29, 0.717) is 29.1 Å². The molecule has 0 spiro atoms. The molecular formula is C22H28N6O2. The average Bonchev–Trinajstić information content (AvgIpc) is 2.76. The van der Waals surface area contributed by atoms with Crippen molar-refractivity contribution in [1.29, 1.82) is 0 Å². The van der Waals surface area contributed by atoms with Gasteiger partial charge in [-0.15, -0.1) is 0 Å². The second-order valence-corrected chi connectivity index (χ2v) is 7.96. The predicted octanol–water partition coefficient (Wildman–Crippen LogP) is 2.86. The lowest BCUT2D eigenvalue weighted by Gasteiger charge is -2.31. The third kappa shape index (κ3) is 3.46. The van der Waals surface area contributed by atoms with Crippen LogP contribution in [0, 0.1) is 0 Å². The fourth-order valence-corrected chi connectivity index (χ4v) is 3.98. The highest BCUT2D eigenvalue weighted by Crippen LogP contribution is 2.30. The van der Waals surface area contributed by atoms with E-state index in [2.05, 4.69) is 45.5 Å². The van der Waals surface area contributed by atoms with E-state index in [1.807, 2.05) is 19.2 Å². The molecule has 0 aliphatic carbocycles. The lowest BCUT2D eigenvalue weighted by molar-refractivity contribution is 0.414. The summed E-state index contributed by atoms with van der Waals surface area (Å²) in [5, 5.41) is 0.626. The third-order valence-corrected chi connectivity index (χ3v) is 5.78. The number of anilines is 2. The molecule has 158 valence electrons. The quantitative estimate of drug-likeness (QED) is 0.694. The molecule has 3 aromatic rings. The van der Waals surface area contributed by atoms with Gasteiger partial charge in [-0.25, -0.2) is 15.0 Å². The number of aromatic amines is 1. The zero-order chi connectivity index (χ0) is 21.4. The number of hydrogen-bond acceptors (Lipinski definition) is 7. The van der Waals surface area contributed by atoms with Crippen LogP contribution in [0.2, 0.25) is 0 Å². The third-order valence-electron chi connectivity index (χ3n) is 5.78. The van der Waals surface area contributed by atoms with Crippen LogP contribution < -0.4 is 20.1 Å². The van der Waals surface area contributed by atoms with Gasteiger partial charge in [0.2, 0.25) is 5.95 Å². The number of nitrogens with zero attached hydrogens (tertiary/aromatic N) is 5. The molecule has 1 aliphatic heterocycles. The molecule has 1 N–H and O–H groups in total. The Morgan fingerprint density at radius 1 is 1.30 bits per heavy atom. The number of rotatable bonds is 5. The van der Waals surface area contributed by atoms with Crippen molar-refractivity contribution in [2.24, 2.45) is 0 Å². The highest BCUT2D eigenvalue weighted by molar-refractivity contribution is 5.84. The summed E-state index contributed by atoms with van der Waals surface area (Å²) in [5.41, 5.74) is 3.61. The Kier molecular flexibility index (Phi) is 5.32. The van der Waals surface area contributed by atoms with E-state index in [0.717, 1.165) is 36.6 Å².